The molecule has 0 spiro atoms. The molecule has 0 saturated carbocycles. The van der Waals surface area contributed by atoms with Gasteiger partial charge in [-0.25, -0.2) is 8.42 Å². The number of hydrogen-bond donors (Lipinski definition) is 1. The fourth-order valence-electron chi connectivity index (χ4n) is 3.72. The number of nitro groups is 1. The maximum absolute atomic E-state index is 12.9. The summed E-state index contributed by atoms with van der Waals surface area (Å²) in [4.78, 5) is 24.7. The van der Waals surface area contributed by atoms with E-state index in [-0.39, 0.29) is 47.4 Å². The summed E-state index contributed by atoms with van der Waals surface area (Å²) in [6.45, 7) is 1.65. The van der Waals surface area contributed by atoms with E-state index >= 15 is 0 Å². The van der Waals surface area contributed by atoms with Crippen molar-refractivity contribution >= 4 is 34.0 Å². The zero-order valence-electron chi connectivity index (χ0n) is 15.4. The Bertz CT molecular complexity index is 817. The van der Waals surface area contributed by atoms with E-state index in [1.165, 1.54) is 28.6 Å². The number of nitrogens with zero attached hydrogens (tertiary/aromatic N) is 3. The molecular weight excluding hydrogens is 408 g/mol. The molecule has 9 nitrogen and oxygen atoms in total. The number of benzene rings is 1. The molecule has 2 atom stereocenters. The number of rotatable bonds is 4. The van der Waals surface area contributed by atoms with E-state index in [1.807, 2.05) is 0 Å². The van der Waals surface area contributed by atoms with Crippen LogP contribution in [0, 0.1) is 16.0 Å². The van der Waals surface area contributed by atoms with Crippen LogP contribution in [0.3, 0.4) is 0 Å². The minimum absolute atomic E-state index is 0. The monoisotopic (exact) mass is 432 g/mol. The van der Waals surface area contributed by atoms with Crippen molar-refractivity contribution in [2.45, 2.75) is 36.6 Å². The molecule has 2 heterocycles. The van der Waals surface area contributed by atoms with Gasteiger partial charge in [0, 0.05) is 44.4 Å². The van der Waals surface area contributed by atoms with Gasteiger partial charge in [-0.3, -0.25) is 14.9 Å². The molecule has 2 aliphatic rings. The van der Waals surface area contributed by atoms with Gasteiger partial charge < -0.3 is 10.6 Å². The number of sulfonamides is 1. The zero-order chi connectivity index (χ0) is 19.6. The second-order valence-electron chi connectivity index (χ2n) is 7.14. The van der Waals surface area contributed by atoms with Gasteiger partial charge in [0.25, 0.3) is 5.69 Å². The van der Waals surface area contributed by atoms with Crippen molar-refractivity contribution < 1.29 is 18.1 Å². The van der Waals surface area contributed by atoms with Crippen molar-refractivity contribution in [1.29, 1.82) is 0 Å². The van der Waals surface area contributed by atoms with E-state index in [0.717, 1.165) is 12.8 Å². The number of likely N-dealkylation sites (tertiary alicyclic amines) is 1. The normalized spacial score (nSPS) is 23.7. The number of amides is 1. The van der Waals surface area contributed by atoms with Crippen LogP contribution in [-0.2, 0) is 14.8 Å². The summed E-state index contributed by atoms with van der Waals surface area (Å²) < 4.78 is 27.1. The van der Waals surface area contributed by atoms with Crippen LogP contribution in [0.2, 0.25) is 0 Å². The first-order valence-electron chi connectivity index (χ1n) is 9.08. The number of nitrogens with two attached hydrogens (primary N) is 1. The lowest BCUT2D eigenvalue weighted by atomic mass is 9.96. The summed E-state index contributed by atoms with van der Waals surface area (Å²) in [6.07, 6.45) is 3.01. The Morgan fingerprint density at radius 3 is 2.36 bits per heavy atom. The molecule has 1 amide bonds. The Kier molecular flexibility index (Phi) is 7.38. The molecule has 2 fully saturated rings. The number of hydrogen-bond acceptors (Lipinski definition) is 6. The Morgan fingerprint density at radius 1 is 1.11 bits per heavy atom. The molecule has 0 aromatic heterocycles. The average molecular weight is 433 g/mol. The maximum atomic E-state index is 12.9. The Labute approximate surface area is 170 Å². The summed E-state index contributed by atoms with van der Waals surface area (Å²) in [5.74, 6) is -0.411. The van der Waals surface area contributed by atoms with E-state index in [1.54, 1.807) is 4.90 Å². The molecule has 1 aromatic rings. The van der Waals surface area contributed by atoms with E-state index < -0.39 is 14.9 Å². The number of piperidine rings is 2. The highest BCUT2D eigenvalue weighted by Gasteiger charge is 2.36. The first-order chi connectivity index (χ1) is 12.8. The van der Waals surface area contributed by atoms with Crippen LogP contribution < -0.4 is 5.73 Å². The topological polar surface area (TPSA) is 127 Å². The Hall–Kier alpha value is -1.75. The molecule has 2 aliphatic heterocycles. The average Bonchev–Trinajstić information content (AvgIpc) is 2.67. The second-order valence-corrected chi connectivity index (χ2v) is 9.08. The Balaban J connectivity index is 0.00000280. The van der Waals surface area contributed by atoms with Gasteiger partial charge in [-0.05, 0) is 37.8 Å². The summed E-state index contributed by atoms with van der Waals surface area (Å²) in [5.41, 5.74) is 5.79. The van der Waals surface area contributed by atoms with E-state index in [2.05, 4.69) is 0 Å². The van der Waals surface area contributed by atoms with Crippen LogP contribution in [0.5, 0.6) is 0 Å². The molecule has 156 valence electrons. The van der Waals surface area contributed by atoms with Crippen molar-refractivity contribution in [2.75, 3.05) is 26.2 Å². The van der Waals surface area contributed by atoms with E-state index in [0.29, 0.717) is 32.5 Å². The first kappa shape index (κ1) is 22.5. The number of nitro benzene ring substituents is 1. The van der Waals surface area contributed by atoms with Crippen molar-refractivity contribution in [1.82, 2.24) is 9.21 Å². The summed E-state index contributed by atoms with van der Waals surface area (Å²) in [5, 5.41) is 10.7. The van der Waals surface area contributed by atoms with E-state index in [9.17, 15) is 23.3 Å². The van der Waals surface area contributed by atoms with Crippen LogP contribution in [-0.4, -0.2) is 60.7 Å². The van der Waals surface area contributed by atoms with Gasteiger partial charge in [-0.15, -0.1) is 12.4 Å². The Morgan fingerprint density at radius 2 is 1.75 bits per heavy atom. The molecule has 28 heavy (non-hydrogen) atoms. The molecule has 0 radical (unpaired) electrons. The zero-order valence-corrected chi connectivity index (χ0v) is 17.0. The van der Waals surface area contributed by atoms with Crippen molar-refractivity contribution in [3.63, 3.8) is 0 Å². The smallest absolute Gasteiger partial charge is 0.269 e. The lowest BCUT2D eigenvalue weighted by Crippen LogP contribution is -2.51. The van der Waals surface area contributed by atoms with Crippen molar-refractivity contribution in [3.05, 3.63) is 34.4 Å². The second kappa shape index (κ2) is 9.17. The van der Waals surface area contributed by atoms with E-state index in [4.69, 9.17) is 5.73 Å². The first-order valence-corrected chi connectivity index (χ1v) is 10.5. The number of non-ortho nitro benzene ring substituents is 1. The minimum atomic E-state index is -3.80. The van der Waals surface area contributed by atoms with Gasteiger partial charge in [0.1, 0.15) is 0 Å². The fourth-order valence-corrected chi connectivity index (χ4v) is 5.24. The number of halogens is 1. The summed E-state index contributed by atoms with van der Waals surface area (Å²) in [6, 6.07) is 4.81. The molecule has 3 rings (SSSR count). The third-order valence-corrected chi connectivity index (χ3v) is 7.07. The minimum Gasteiger partial charge on any atom is -0.341 e. The quantitative estimate of drug-likeness (QED) is 0.565. The SMILES string of the molecule is Cl.NC1CCCN(C(=O)C2CCCN(S(=O)(=O)c3ccc([N+](=O)[O-])cc3)C2)C1. The standard InChI is InChI=1S/C17H24N4O5S.ClH/c18-14-4-2-9-19(12-14)17(22)13-3-1-10-20(11-13)27(25,26)16-7-5-15(6-8-16)21(23)24;/h5-8,13-14H,1-4,9-12,18H2;1H. The lowest BCUT2D eigenvalue weighted by Gasteiger charge is -2.37. The number of carbonyl (C=O) groups is 1. The highest BCUT2D eigenvalue weighted by atomic mass is 35.5. The maximum Gasteiger partial charge on any atom is 0.269 e. The lowest BCUT2D eigenvalue weighted by molar-refractivity contribution is -0.384. The van der Waals surface area contributed by atoms with Crippen LogP contribution in [0.1, 0.15) is 25.7 Å². The molecule has 2 unspecified atom stereocenters. The summed E-state index contributed by atoms with van der Waals surface area (Å²) >= 11 is 0. The molecule has 0 bridgehead atoms. The fraction of sp³-hybridized carbons (Fsp3) is 0.588. The molecular formula is C17H25ClN4O5S. The van der Waals surface area contributed by atoms with Crippen molar-refractivity contribution in [2.24, 2.45) is 11.7 Å². The van der Waals surface area contributed by atoms with Gasteiger partial charge in [0.05, 0.1) is 15.7 Å². The molecule has 2 saturated heterocycles. The van der Waals surface area contributed by atoms with Gasteiger partial charge in [0.2, 0.25) is 15.9 Å². The highest BCUT2D eigenvalue weighted by Crippen LogP contribution is 2.26. The largest absolute Gasteiger partial charge is 0.341 e. The van der Waals surface area contributed by atoms with Gasteiger partial charge in [0.15, 0.2) is 0 Å². The molecule has 11 heteroatoms. The predicted molar refractivity (Wildman–Crippen MR) is 106 cm³/mol. The predicted octanol–water partition coefficient (Wildman–Crippen LogP) is 1.37. The van der Waals surface area contributed by atoms with Crippen LogP contribution in [0.15, 0.2) is 29.2 Å². The van der Waals surface area contributed by atoms with Crippen LogP contribution in [0.25, 0.3) is 0 Å². The van der Waals surface area contributed by atoms with Gasteiger partial charge in [-0.1, -0.05) is 0 Å². The van der Waals surface area contributed by atoms with Crippen LogP contribution in [0.4, 0.5) is 5.69 Å². The molecule has 2 N–H and O–H groups in total. The number of carbonyl (C=O) groups excluding carboxylic acids is 1. The summed E-state index contributed by atoms with van der Waals surface area (Å²) in [7, 11) is -3.80. The third-order valence-electron chi connectivity index (χ3n) is 5.19. The molecule has 0 aliphatic carbocycles. The molecule has 1 aromatic carbocycles. The van der Waals surface area contributed by atoms with Crippen molar-refractivity contribution in [3.8, 4) is 0 Å². The van der Waals surface area contributed by atoms with Gasteiger partial charge >= 0.3 is 0 Å². The third kappa shape index (κ3) is 4.80. The van der Waals surface area contributed by atoms with Crippen LogP contribution >= 0.6 is 12.4 Å². The van der Waals surface area contributed by atoms with Gasteiger partial charge in [-0.2, -0.15) is 4.31 Å². The highest BCUT2D eigenvalue weighted by molar-refractivity contribution is 7.89.